The van der Waals surface area contributed by atoms with E-state index in [0.29, 0.717) is 31.8 Å². The molecule has 0 aromatic heterocycles. The first-order valence-corrected chi connectivity index (χ1v) is 9.72. The van der Waals surface area contributed by atoms with Crippen LogP contribution in [0.4, 0.5) is 4.79 Å². The highest BCUT2D eigenvalue weighted by Gasteiger charge is 2.25. The number of nitrogens with zero attached hydrogens (tertiary/aromatic N) is 2. The Kier molecular flexibility index (Phi) is 10.3. The maximum atomic E-state index is 12.1. The number of ketones is 1. The van der Waals surface area contributed by atoms with Crippen molar-refractivity contribution in [2.24, 2.45) is 0 Å². The third-order valence-corrected chi connectivity index (χ3v) is 3.68. The molecule has 0 unspecified atom stereocenters. The number of carbonyl (C=O) groups is 3. The van der Waals surface area contributed by atoms with Gasteiger partial charge >= 0.3 is 18.3 Å². The fraction of sp³-hybridized carbons (Fsp3) is 0.524. The lowest BCUT2D eigenvalue weighted by Gasteiger charge is -2.22. The van der Waals surface area contributed by atoms with Crippen LogP contribution in [0.3, 0.4) is 0 Å². The van der Waals surface area contributed by atoms with E-state index in [-0.39, 0.29) is 12.4 Å². The summed E-state index contributed by atoms with van der Waals surface area (Å²) < 4.78 is 15.6. The zero-order valence-corrected chi connectivity index (χ0v) is 17.8. The van der Waals surface area contributed by atoms with Crippen LogP contribution in [0, 0.1) is 0 Å². The van der Waals surface area contributed by atoms with Crippen LogP contribution in [0.1, 0.15) is 46.1 Å². The van der Waals surface area contributed by atoms with Gasteiger partial charge < -0.3 is 25.1 Å². The number of hydrogen-bond acceptors (Lipinski definition) is 6. The molecule has 9 heteroatoms. The Hall–Kier alpha value is -3.19. The van der Waals surface area contributed by atoms with Crippen LogP contribution < -0.4 is 10.1 Å². The molecular formula is C21H29N3O6. The average Bonchev–Trinajstić information content (AvgIpc) is 2.65. The number of nitrogens with one attached hydrogen (secondary N) is 1. The number of hydrogen-bond donors (Lipinski definition) is 1. The largest absolute Gasteiger partial charge is 0.494 e. The minimum absolute atomic E-state index is 0.174. The van der Waals surface area contributed by atoms with Crippen LogP contribution in [-0.4, -0.2) is 53.7 Å². The van der Waals surface area contributed by atoms with Crippen molar-refractivity contribution in [2.75, 3.05) is 13.2 Å². The quantitative estimate of drug-likeness (QED) is 0.193. The zero-order valence-electron chi connectivity index (χ0n) is 17.8. The molecule has 1 aromatic carbocycles. The zero-order chi connectivity index (χ0) is 22.6. The summed E-state index contributed by atoms with van der Waals surface area (Å²) in [6, 6.07) is 6.03. The summed E-state index contributed by atoms with van der Waals surface area (Å²) in [5.74, 6) is -0.207. The molecule has 1 amide bonds. The van der Waals surface area contributed by atoms with Crippen molar-refractivity contribution in [1.29, 1.82) is 0 Å². The minimum atomic E-state index is -0.952. The summed E-state index contributed by atoms with van der Waals surface area (Å²) in [4.78, 5) is 38.2. The monoisotopic (exact) mass is 419 g/mol. The molecule has 1 atom stereocenters. The van der Waals surface area contributed by atoms with Crippen LogP contribution in [-0.2, 0) is 25.5 Å². The average molecular weight is 419 g/mol. The molecule has 9 nitrogen and oxygen atoms in total. The third-order valence-electron chi connectivity index (χ3n) is 3.68. The van der Waals surface area contributed by atoms with E-state index in [1.54, 1.807) is 52.0 Å². The molecule has 1 N–H and O–H groups in total. The van der Waals surface area contributed by atoms with Gasteiger partial charge in [0.1, 0.15) is 17.4 Å². The molecule has 0 saturated heterocycles. The summed E-state index contributed by atoms with van der Waals surface area (Å²) in [5.41, 5.74) is 8.68. The molecule has 0 aliphatic rings. The Morgan fingerprint density at radius 2 is 1.87 bits per heavy atom. The fourth-order valence-electron chi connectivity index (χ4n) is 2.42. The van der Waals surface area contributed by atoms with Gasteiger partial charge in [0.05, 0.1) is 13.2 Å². The smallest absolute Gasteiger partial charge is 0.408 e. The topological polar surface area (TPSA) is 127 Å². The van der Waals surface area contributed by atoms with Gasteiger partial charge in [0.25, 0.3) is 5.78 Å². The van der Waals surface area contributed by atoms with Gasteiger partial charge in [0.15, 0.2) is 0 Å². The number of carbonyl (C=O) groups excluding carboxylic acids is 3. The van der Waals surface area contributed by atoms with Gasteiger partial charge in [0, 0.05) is 12.8 Å². The highest BCUT2D eigenvalue weighted by molar-refractivity contribution is 6.28. The van der Waals surface area contributed by atoms with E-state index in [0.717, 1.165) is 11.8 Å². The summed E-state index contributed by atoms with van der Waals surface area (Å²) in [5, 5.41) is 2.50. The van der Waals surface area contributed by atoms with Gasteiger partial charge in [-0.1, -0.05) is 12.1 Å². The second-order valence-electron chi connectivity index (χ2n) is 7.45. The van der Waals surface area contributed by atoms with E-state index in [9.17, 15) is 14.4 Å². The van der Waals surface area contributed by atoms with Gasteiger partial charge in [-0.05, 0) is 51.8 Å². The second kappa shape index (κ2) is 12.4. The summed E-state index contributed by atoms with van der Waals surface area (Å²) in [7, 11) is 0. The Balaban J connectivity index is 2.65. The van der Waals surface area contributed by atoms with Crippen molar-refractivity contribution in [1.82, 2.24) is 5.32 Å². The Morgan fingerprint density at radius 1 is 1.20 bits per heavy atom. The molecule has 0 bridgehead atoms. The highest BCUT2D eigenvalue weighted by atomic mass is 16.6. The van der Waals surface area contributed by atoms with Crippen molar-refractivity contribution in [3.05, 3.63) is 35.4 Å². The first-order valence-electron chi connectivity index (χ1n) is 9.72. The first-order chi connectivity index (χ1) is 14.1. The molecule has 0 saturated carbocycles. The van der Waals surface area contributed by atoms with Crippen LogP contribution in [0.2, 0.25) is 0 Å². The molecule has 164 valence electrons. The van der Waals surface area contributed by atoms with E-state index >= 15 is 0 Å². The standard InChI is InChI=1S/C21H29N3O6/c1-5-28-19(26)7-6-12-29-16-10-8-15(9-11-16)13-17(18(25)14-23-22)24-20(27)30-21(2,3)4/h8-11,14,17H,5-7,12-13H2,1-4H3,(H,24,27)/t17-/m0/s1. The van der Waals surface area contributed by atoms with E-state index in [1.165, 1.54) is 0 Å². The Morgan fingerprint density at radius 3 is 2.43 bits per heavy atom. The highest BCUT2D eigenvalue weighted by Crippen LogP contribution is 2.15. The molecule has 30 heavy (non-hydrogen) atoms. The summed E-state index contributed by atoms with van der Waals surface area (Å²) >= 11 is 0. The maximum absolute atomic E-state index is 12.1. The second-order valence-corrected chi connectivity index (χ2v) is 7.45. The van der Waals surface area contributed by atoms with Gasteiger partial charge in [0.2, 0.25) is 0 Å². The lowest BCUT2D eigenvalue weighted by molar-refractivity contribution is -0.143. The van der Waals surface area contributed by atoms with Crippen molar-refractivity contribution >= 4 is 24.1 Å². The van der Waals surface area contributed by atoms with Crippen LogP contribution >= 0.6 is 0 Å². The number of amides is 1. The van der Waals surface area contributed by atoms with E-state index in [4.69, 9.17) is 19.7 Å². The number of alkyl carbamates (subject to hydrolysis) is 1. The summed E-state index contributed by atoms with van der Waals surface area (Å²) in [6.45, 7) is 7.62. The van der Waals surface area contributed by atoms with Crippen molar-refractivity contribution in [3.8, 4) is 5.75 Å². The summed E-state index contributed by atoms with van der Waals surface area (Å²) in [6.07, 6.45) is 1.00. The molecular weight excluding hydrogens is 390 g/mol. The van der Waals surface area contributed by atoms with Crippen molar-refractivity contribution in [2.45, 2.75) is 58.6 Å². The number of ether oxygens (including phenoxy) is 3. The van der Waals surface area contributed by atoms with Crippen LogP contribution in [0.5, 0.6) is 5.75 Å². The number of benzene rings is 1. The van der Waals surface area contributed by atoms with Crippen LogP contribution in [0.25, 0.3) is 5.53 Å². The normalized spacial score (nSPS) is 11.6. The number of esters is 1. The van der Waals surface area contributed by atoms with Gasteiger partial charge in [-0.15, -0.1) is 0 Å². The first kappa shape index (κ1) is 24.8. The predicted molar refractivity (Wildman–Crippen MR) is 109 cm³/mol. The van der Waals surface area contributed by atoms with Gasteiger partial charge in [-0.25, -0.2) is 4.79 Å². The SMILES string of the molecule is CCOC(=O)CCCOc1ccc(C[C@H](NC(=O)OC(C)(C)C)C(=O)C=[N+]=[N-])cc1. The van der Waals surface area contributed by atoms with E-state index < -0.39 is 23.5 Å². The number of Topliss-reactive ketones (excluding diaryl/α,β-unsaturated/α-hetero) is 1. The lowest BCUT2D eigenvalue weighted by Crippen LogP contribution is -2.45. The van der Waals surface area contributed by atoms with E-state index in [1.807, 2.05) is 0 Å². The number of rotatable bonds is 11. The van der Waals surface area contributed by atoms with Gasteiger partial charge in [-0.2, -0.15) is 4.79 Å². The molecule has 0 aliphatic heterocycles. The van der Waals surface area contributed by atoms with E-state index in [2.05, 4.69) is 10.1 Å². The predicted octanol–water partition coefficient (Wildman–Crippen LogP) is 2.71. The van der Waals surface area contributed by atoms with Gasteiger partial charge in [-0.3, -0.25) is 9.59 Å². The minimum Gasteiger partial charge on any atom is -0.494 e. The fourth-order valence-corrected chi connectivity index (χ4v) is 2.42. The van der Waals surface area contributed by atoms with Crippen molar-refractivity contribution in [3.63, 3.8) is 0 Å². The Labute approximate surface area is 176 Å². The molecule has 0 heterocycles. The molecule has 0 radical (unpaired) electrons. The lowest BCUT2D eigenvalue weighted by atomic mass is 10.0. The molecule has 1 rings (SSSR count). The maximum Gasteiger partial charge on any atom is 0.408 e. The third kappa shape index (κ3) is 10.4. The molecule has 0 aliphatic carbocycles. The Bertz CT molecular complexity index is 764. The van der Waals surface area contributed by atoms with Crippen LogP contribution in [0.15, 0.2) is 24.3 Å². The molecule has 1 aromatic rings. The molecule has 0 fully saturated rings. The van der Waals surface area contributed by atoms with Crippen molar-refractivity contribution < 1.29 is 33.4 Å². The molecule has 0 spiro atoms.